The minimum Gasteiger partial charge on any atom is -0.483 e. The van der Waals surface area contributed by atoms with E-state index in [0.717, 1.165) is 37.5 Å². The van der Waals surface area contributed by atoms with Crippen molar-refractivity contribution in [1.29, 1.82) is 0 Å². The smallest absolute Gasteiger partial charge is 0.290 e. The van der Waals surface area contributed by atoms with Gasteiger partial charge in [0.1, 0.15) is 6.61 Å². The summed E-state index contributed by atoms with van der Waals surface area (Å²) in [7, 11) is 0. The molecule has 0 radical (unpaired) electrons. The lowest BCUT2D eigenvalue weighted by molar-refractivity contribution is -0.127. The number of aromatic nitrogens is 1. The van der Waals surface area contributed by atoms with Crippen molar-refractivity contribution in [3.05, 3.63) is 34.2 Å². The van der Waals surface area contributed by atoms with Gasteiger partial charge in [-0.25, -0.2) is 0 Å². The van der Waals surface area contributed by atoms with Crippen LogP contribution in [0.1, 0.15) is 37.9 Å². The molecule has 0 saturated carbocycles. The summed E-state index contributed by atoms with van der Waals surface area (Å²) in [4.78, 5) is 35.6. The van der Waals surface area contributed by atoms with Crippen molar-refractivity contribution in [2.24, 2.45) is 5.92 Å². The summed E-state index contributed by atoms with van der Waals surface area (Å²) in [5.74, 6) is 1.78. The first-order valence-electron chi connectivity index (χ1n) is 10.3. The molecule has 1 saturated heterocycles. The predicted molar refractivity (Wildman–Crippen MR) is 118 cm³/mol. The molecule has 2 aliphatic rings. The molecule has 30 heavy (non-hydrogen) atoms. The summed E-state index contributed by atoms with van der Waals surface area (Å²) < 4.78 is 7.33. The molecular formula is C21H33N3O5S. The van der Waals surface area contributed by atoms with Gasteiger partial charge in [0.15, 0.2) is 0 Å². The average molecular weight is 440 g/mol. The van der Waals surface area contributed by atoms with E-state index in [0.29, 0.717) is 18.4 Å². The van der Waals surface area contributed by atoms with Crippen LogP contribution in [0.5, 0.6) is 0 Å². The van der Waals surface area contributed by atoms with Crippen LogP contribution in [0.25, 0.3) is 0 Å². The van der Waals surface area contributed by atoms with Gasteiger partial charge in [-0.1, -0.05) is 6.07 Å². The number of piperidine rings is 1. The monoisotopic (exact) mass is 439 g/mol. The van der Waals surface area contributed by atoms with Gasteiger partial charge in [0.05, 0.1) is 12.1 Å². The summed E-state index contributed by atoms with van der Waals surface area (Å²) in [6.45, 7) is 7.19. The van der Waals surface area contributed by atoms with Gasteiger partial charge in [0, 0.05) is 49.6 Å². The molecule has 3 atom stereocenters. The second kappa shape index (κ2) is 12.1. The molecular weight excluding hydrogens is 406 g/mol. The zero-order chi connectivity index (χ0) is 22.1. The maximum atomic E-state index is 12.6. The number of hydrogen-bond acceptors (Lipinski definition) is 6. The first-order chi connectivity index (χ1) is 14.4. The Morgan fingerprint density at radius 1 is 1.40 bits per heavy atom. The summed E-state index contributed by atoms with van der Waals surface area (Å²) in [5.41, 5.74) is 1.16. The molecule has 3 rings (SSSR count). The number of carboxylic acid groups (broad SMARTS) is 1. The molecule has 1 aromatic rings. The molecule has 2 aliphatic heterocycles. The van der Waals surface area contributed by atoms with E-state index in [-0.39, 0.29) is 36.7 Å². The van der Waals surface area contributed by atoms with Crippen LogP contribution in [0.15, 0.2) is 23.0 Å². The van der Waals surface area contributed by atoms with E-state index < -0.39 is 0 Å². The van der Waals surface area contributed by atoms with Gasteiger partial charge in [-0.3, -0.25) is 14.4 Å². The van der Waals surface area contributed by atoms with E-state index >= 15 is 0 Å². The highest BCUT2D eigenvalue weighted by atomic mass is 32.2. The Balaban J connectivity index is 0.00000101. The number of pyridine rings is 1. The van der Waals surface area contributed by atoms with E-state index in [2.05, 4.69) is 22.5 Å². The SMILES string of the molecule is CSCCN1C[C@H]2C[C@@H](C1)[C@H](CNC(=O)COC(C)C)n1c2cccc1=O.O=CO. The normalized spacial score (nSPS) is 22.6. The zero-order valence-corrected chi connectivity index (χ0v) is 18.8. The van der Waals surface area contributed by atoms with Crippen LogP contribution in [0.3, 0.4) is 0 Å². The van der Waals surface area contributed by atoms with Gasteiger partial charge in [0.2, 0.25) is 5.91 Å². The van der Waals surface area contributed by atoms with Crippen molar-refractivity contribution >= 4 is 24.1 Å². The first-order valence-corrected chi connectivity index (χ1v) is 11.7. The molecule has 8 nitrogen and oxygen atoms in total. The number of nitrogens with one attached hydrogen (secondary N) is 1. The zero-order valence-electron chi connectivity index (χ0n) is 18.0. The van der Waals surface area contributed by atoms with Crippen molar-refractivity contribution < 1.29 is 19.4 Å². The maximum absolute atomic E-state index is 12.6. The molecule has 0 spiro atoms. The van der Waals surface area contributed by atoms with Crippen molar-refractivity contribution in [3.8, 4) is 0 Å². The summed E-state index contributed by atoms with van der Waals surface area (Å²) >= 11 is 1.87. The molecule has 168 valence electrons. The van der Waals surface area contributed by atoms with E-state index in [9.17, 15) is 9.59 Å². The van der Waals surface area contributed by atoms with Crippen LogP contribution in [0, 0.1) is 5.92 Å². The second-order valence-corrected chi connectivity index (χ2v) is 8.93. The van der Waals surface area contributed by atoms with Crippen LogP contribution in [-0.4, -0.2) is 77.9 Å². The lowest BCUT2D eigenvalue weighted by Crippen LogP contribution is -2.52. The highest BCUT2D eigenvalue weighted by Gasteiger charge is 2.40. The molecule has 2 bridgehead atoms. The minimum absolute atomic E-state index is 0.00466. The largest absolute Gasteiger partial charge is 0.483 e. The van der Waals surface area contributed by atoms with Gasteiger partial charge in [-0.05, 0) is 38.5 Å². The molecule has 1 aromatic heterocycles. The fourth-order valence-electron chi connectivity index (χ4n) is 4.31. The minimum atomic E-state index is -0.250. The number of nitrogens with zero attached hydrogens (tertiary/aromatic N) is 2. The van der Waals surface area contributed by atoms with Gasteiger partial charge in [-0.15, -0.1) is 0 Å². The van der Waals surface area contributed by atoms with Gasteiger partial charge in [-0.2, -0.15) is 11.8 Å². The third-order valence-electron chi connectivity index (χ3n) is 5.54. The molecule has 0 aliphatic carbocycles. The predicted octanol–water partition coefficient (Wildman–Crippen LogP) is 1.41. The number of thioether (sulfide) groups is 1. The number of carbonyl (C=O) groups is 2. The Morgan fingerprint density at radius 2 is 2.13 bits per heavy atom. The van der Waals surface area contributed by atoms with Crippen molar-refractivity contribution in [2.45, 2.75) is 38.3 Å². The van der Waals surface area contributed by atoms with Crippen LogP contribution in [0.4, 0.5) is 0 Å². The van der Waals surface area contributed by atoms with E-state index in [1.54, 1.807) is 6.07 Å². The van der Waals surface area contributed by atoms with E-state index in [1.165, 1.54) is 0 Å². The van der Waals surface area contributed by atoms with Crippen LogP contribution < -0.4 is 10.9 Å². The molecule has 1 amide bonds. The fraction of sp³-hybridized carbons (Fsp3) is 0.667. The quantitative estimate of drug-likeness (QED) is 0.591. The van der Waals surface area contributed by atoms with Crippen LogP contribution in [-0.2, 0) is 14.3 Å². The van der Waals surface area contributed by atoms with Crippen molar-refractivity contribution in [2.75, 3.05) is 44.8 Å². The lowest BCUT2D eigenvalue weighted by Gasteiger charge is -2.47. The van der Waals surface area contributed by atoms with E-state index in [1.807, 2.05) is 36.2 Å². The summed E-state index contributed by atoms with van der Waals surface area (Å²) in [6.07, 6.45) is 3.25. The van der Waals surface area contributed by atoms with Gasteiger partial charge in [0.25, 0.3) is 12.0 Å². The van der Waals surface area contributed by atoms with Gasteiger partial charge >= 0.3 is 0 Å². The van der Waals surface area contributed by atoms with Gasteiger partial charge < -0.3 is 24.6 Å². The van der Waals surface area contributed by atoms with Crippen LogP contribution in [0.2, 0.25) is 0 Å². The Kier molecular flexibility index (Phi) is 9.87. The summed E-state index contributed by atoms with van der Waals surface area (Å²) in [5, 5.41) is 9.88. The Labute approximate surface area is 182 Å². The Bertz CT molecular complexity index is 754. The topological polar surface area (TPSA) is 101 Å². The maximum Gasteiger partial charge on any atom is 0.290 e. The molecule has 1 fully saturated rings. The standard InChI is InChI=1S/C20H31N3O3S.CH2O2/c1-14(2)26-13-19(24)21-10-18-16-9-15(11-22(12-16)7-8-27-3)17-5-4-6-20(25)23(17)18;2-1-3/h4-6,14-16,18H,7-13H2,1-3H3,(H,21,24);1H,(H,2,3)/t15-,16+,18+;/m1./s1. The highest BCUT2D eigenvalue weighted by molar-refractivity contribution is 7.98. The number of rotatable bonds is 8. The number of ether oxygens (including phenoxy) is 1. The first kappa shape index (κ1) is 24.4. The van der Waals surface area contributed by atoms with Crippen molar-refractivity contribution in [3.63, 3.8) is 0 Å². The third kappa shape index (κ3) is 6.58. The number of carbonyl (C=O) groups excluding carboxylic acids is 1. The Morgan fingerprint density at radius 3 is 2.80 bits per heavy atom. The van der Waals surface area contributed by atoms with E-state index in [4.69, 9.17) is 14.6 Å². The fourth-order valence-corrected chi connectivity index (χ4v) is 4.75. The average Bonchev–Trinajstić information content (AvgIpc) is 2.71. The molecule has 0 unspecified atom stereocenters. The molecule has 0 aromatic carbocycles. The second-order valence-electron chi connectivity index (χ2n) is 7.94. The third-order valence-corrected chi connectivity index (χ3v) is 6.13. The number of likely N-dealkylation sites (tertiary alicyclic amines) is 1. The molecule has 3 heterocycles. The number of fused-ring (bicyclic) bond motifs is 4. The van der Waals surface area contributed by atoms with Crippen molar-refractivity contribution in [1.82, 2.24) is 14.8 Å². The lowest BCUT2D eigenvalue weighted by atomic mass is 9.78. The molecule has 2 N–H and O–H groups in total. The highest BCUT2D eigenvalue weighted by Crippen LogP contribution is 2.40. The summed E-state index contributed by atoms with van der Waals surface area (Å²) in [6, 6.07) is 5.58. The number of hydrogen-bond donors (Lipinski definition) is 2. The number of amides is 1. The molecule has 9 heteroatoms. The van der Waals surface area contributed by atoms with Crippen LogP contribution >= 0.6 is 11.8 Å². The Hall–Kier alpha value is -1.84.